The molecule has 94 valence electrons. The van der Waals surface area contributed by atoms with E-state index < -0.39 is 0 Å². The Morgan fingerprint density at radius 1 is 1.28 bits per heavy atom. The molecule has 0 aliphatic heterocycles. The number of hydrogen-bond acceptors (Lipinski definition) is 5. The number of aryl methyl sites for hydroxylation is 2. The first kappa shape index (κ1) is 12.6. The van der Waals surface area contributed by atoms with Crippen LogP contribution in [0.2, 0.25) is 5.02 Å². The standard InChI is InChI=1S/C12H14ClN5/c1-7-3-4-10(8(2)5-7)16-11-9(13)6-15-12(17-11)18-14/h3-6H,14H2,1-2H3,(H2,15,16,17,18). The van der Waals surface area contributed by atoms with Gasteiger partial charge in [-0.2, -0.15) is 4.98 Å². The molecule has 0 bridgehead atoms. The van der Waals surface area contributed by atoms with E-state index in [2.05, 4.69) is 26.8 Å². The molecule has 0 atom stereocenters. The van der Waals surface area contributed by atoms with Gasteiger partial charge in [0.2, 0.25) is 5.95 Å². The number of anilines is 3. The SMILES string of the molecule is Cc1ccc(Nc2nc(NN)ncc2Cl)c(C)c1. The first-order chi connectivity index (χ1) is 8.60. The van der Waals surface area contributed by atoms with E-state index >= 15 is 0 Å². The van der Waals surface area contributed by atoms with Gasteiger partial charge in [-0.05, 0) is 25.5 Å². The van der Waals surface area contributed by atoms with Crippen molar-refractivity contribution in [2.45, 2.75) is 13.8 Å². The van der Waals surface area contributed by atoms with E-state index in [0.717, 1.165) is 11.3 Å². The second-order valence-electron chi connectivity index (χ2n) is 3.98. The van der Waals surface area contributed by atoms with Crippen molar-refractivity contribution in [2.24, 2.45) is 5.84 Å². The van der Waals surface area contributed by atoms with Gasteiger partial charge in [-0.3, -0.25) is 5.43 Å². The minimum atomic E-state index is 0.312. The van der Waals surface area contributed by atoms with E-state index in [9.17, 15) is 0 Å². The van der Waals surface area contributed by atoms with E-state index in [1.165, 1.54) is 11.8 Å². The van der Waals surface area contributed by atoms with Crippen molar-refractivity contribution in [1.82, 2.24) is 9.97 Å². The second-order valence-corrected chi connectivity index (χ2v) is 4.39. The minimum Gasteiger partial charge on any atom is -0.339 e. The van der Waals surface area contributed by atoms with Crippen LogP contribution in [0.5, 0.6) is 0 Å². The van der Waals surface area contributed by atoms with E-state index in [1.807, 2.05) is 26.0 Å². The van der Waals surface area contributed by atoms with Crippen LogP contribution in [0.3, 0.4) is 0 Å². The lowest BCUT2D eigenvalue weighted by atomic mass is 10.1. The van der Waals surface area contributed by atoms with Crippen molar-refractivity contribution < 1.29 is 0 Å². The van der Waals surface area contributed by atoms with Crippen molar-refractivity contribution in [3.63, 3.8) is 0 Å². The summed E-state index contributed by atoms with van der Waals surface area (Å²) < 4.78 is 0. The van der Waals surface area contributed by atoms with Crippen LogP contribution >= 0.6 is 11.6 Å². The maximum absolute atomic E-state index is 6.03. The number of nitrogens with two attached hydrogens (primary N) is 1. The minimum absolute atomic E-state index is 0.312. The van der Waals surface area contributed by atoms with Crippen LogP contribution in [0.1, 0.15) is 11.1 Å². The lowest BCUT2D eigenvalue weighted by molar-refractivity contribution is 1.12. The van der Waals surface area contributed by atoms with Crippen LogP contribution in [0.4, 0.5) is 17.5 Å². The van der Waals surface area contributed by atoms with Crippen molar-refractivity contribution in [3.05, 3.63) is 40.5 Å². The first-order valence-electron chi connectivity index (χ1n) is 5.43. The van der Waals surface area contributed by atoms with Crippen molar-refractivity contribution in [1.29, 1.82) is 0 Å². The second kappa shape index (κ2) is 5.20. The predicted molar refractivity (Wildman–Crippen MR) is 74.1 cm³/mol. The number of nitrogens with one attached hydrogen (secondary N) is 2. The fourth-order valence-corrected chi connectivity index (χ4v) is 1.74. The highest BCUT2D eigenvalue weighted by atomic mass is 35.5. The molecule has 0 fully saturated rings. The molecule has 0 unspecified atom stereocenters. The highest BCUT2D eigenvalue weighted by Gasteiger charge is 2.06. The van der Waals surface area contributed by atoms with E-state index in [0.29, 0.717) is 16.8 Å². The molecule has 1 heterocycles. The molecule has 0 amide bonds. The van der Waals surface area contributed by atoms with Gasteiger partial charge in [0.05, 0.1) is 6.20 Å². The summed E-state index contributed by atoms with van der Waals surface area (Å²) in [6, 6.07) is 6.09. The van der Waals surface area contributed by atoms with Crippen LogP contribution in [0, 0.1) is 13.8 Å². The molecular weight excluding hydrogens is 250 g/mol. The largest absolute Gasteiger partial charge is 0.339 e. The zero-order valence-corrected chi connectivity index (χ0v) is 10.9. The van der Waals surface area contributed by atoms with Gasteiger partial charge < -0.3 is 5.32 Å². The molecular formula is C12H14ClN5. The maximum atomic E-state index is 6.03. The normalized spacial score (nSPS) is 10.2. The van der Waals surface area contributed by atoms with Crippen LogP contribution in [0.25, 0.3) is 0 Å². The summed E-state index contributed by atoms with van der Waals surface area (Å²) in [5.74, 6) is 6.10. The van der Waals surface area contributed by atoms with Crippen LogP contribution in [0.15, 0.2) is 24.4 Å². The van der Waals surface area contributed by atoms with Crippen molar-refractivity contribution in [2.75, 3.05) is 10.7 Å². The molecule has 0 saturated heterocycles. The van der Waals surface area contributed by atoms with Gasteiger partial charge in [-0.1, -0.05) is 29.3 Å². The van der Waals surface area contributed by atoms with Gasteiger partial charge in [0, 0.05) is 5.69 Å². The molecule has 0 aliphatic carbocycles. The zero-order chi connectivity index (χ0) is 13.1. The van der Waals surface area contributed by atoms with Gasteiger partial charge in [0.25, 0.3) is 0 Å². The van der Waals surface area contributed by atoms with Gasteiger partial charge >= 0.3 is 0 Å². The van der Waals surface area contributed by atoms with Crippen LogP contribution in [-0.4, -0.2) is 9.97 Å². The number of hydrazine groups is 1. The number of rotatable bonds is 3. The summed E-state index contributed by atoms with van der Waals surface area (Å²) in [7, 11) is 0. The third-order valence-corrected chi connectivity index (χ3v) is 2.78. The lowest BCUT2D eigenvalue weighted by Gasteiger charge is -2.11. The van der Waals surface area contributed by atoms with Crippen LogP contribution in [-0.2, 0) is 0 Å². The highest BCUT2D eigenvalue weighted by molar-refractivity contribution is 6.32. The smallest absolute Gasteiger partial charge is 0.239 e. The summed E-state index contributed by atoms with van der Waals surface area (Å²) >= 11 is 6.03. The summed E-state index contributed by atoms with van der Waals surface area (Å²) in [6.07, 6.45) is 1.50. The molecule has 0 spiro atoms. The number of halogens is 1. The maximum Gasteiger partial charge on any atom is 0.239 e. The Morgan fingerprint density at radius 2 is 2.06 bits per heavy atom. The average Bonchev–Trinajstić information content (AvgIpc) is 2.35. The third kappa shape index (κ3) is 2.69. The number of benzene rings is 1. The quantitative estimate of drug-likeness (QED) is 0.586. The first-order valence-corrected chi connectivity index (χ1v) is 5.81. The van der Waals surface area contributed by atoms with E-state index in [-0.39, 0.29) is 0 Å². The molecule has 6 heteroatoms. The summed E-state index contributed by atoms with van der Waals surface area (Å²) in [5.41, 5.74) is 5.65. The van der Waals surface area contributed by atoms with E-state index in [4.69, 9.17) is 17.4 Å². The summed E-state index contributed by atoms with van der Waals surface area (Å²) in [4.78, 5) is 8.08. The third-order valence-electron chi connectivity index (χ3n) is 2.51. The topological polar surface area (TPSA) is 75.9 Å². The van der Waals surface area contributed by atoms with Gasteiger partial charge in [-0.25, -0.2) is 10.8 Å². The zero-order valence-electron chi connectivity index (χ0n) is 10.2. The number of aromatic nitrogens is 2. The Labute approximate surface area is 110 Å². The Bertz CT molecular complexity index is 570. The molecule has 2 aromatic rings. The highest BCUT2D eigenvalue weighted by Crippen LogP contribution is 2.25. The van der Waals surface area contributed by atoms with Crippen molar-refractivity contribution >= 4 is 29.1 Å². The molecule has 4 N–H and O–H groups in total. The van der Waals surface area contributed by atoms with E-state index in [1.54, 1.807) is 0 Å². The Hall–Kier alpha value is -1.85. The monoisotopic (exact) mass is 263 g/mol. The Morgan fingerprint density at radius 3 is 2.72 bits per heavy atom. The molecule has 1 aromatic heterocycles. The number of nitrogen functional groups attached to an aromatic ring is 1. The van der Waals surface area contributed by atoms with Crippen molar-refractivity contribution in [3.8, 4) is 0 Å². The average molecular weight is 264 g/mol. The fourth-order valence-electron chi connectivity index (χ4n) is 1.61. The number of hydrogen-bond donors (Lipinski definition) is 3. The molecule has 5 nitrogen and oxygen atoms in total. The summed E-state index contributed by atoms with van der Waals surface area (Å²) in [5, 5.41) is 3.60. The molecule has 0 saturated carbocycles. The lowest BCUT2D eigenvalue weighted by Crippen LogP contribution is -2.11. The molecule has 0 radical (unpaired) electrons. The molecule has 18 heavy (non-hydrogen) atoms. The number of nitrogens with zero attached hydrogens (tertiary/aromatic N) is 2. The van der Waals surface area contributed by atoms with Gasteiger partial charge in [-0.15, -0.1) is 0 Å². The fraction of sp³-hybridized carbons (Fsp3) is 0.167. The van der Waals surface area contributed by atoms with Gasteiger partial charge in [0.15, 0.2) is 5.82 Å². The molecule has 1 aromatic carbocycles. The Balaban J connectivity index is 2.33. The van der Waals surface area contributed by atoms with Gasteiger partial charge in [0.1, 0.15) is 5.02 Å². The molecule has 0 aliphatic rings. The van der Waals surface area contributed by atoms with Crippen LogP contribution < -0.4 is 16.6 Å². The summed E-state index contributed by atoms with van der Waals surface area (Å²) in [6.45, 7) is 4.07. The predicted octanol–water partition coefficient (Wildman–Crippen LogP) is 2.78. The Kier molecular flexibility index (Phi) is 3.64. The molecule has 2 rings (SSSR count).